The lowest BCUT2D eigenvalue weighted by atomic mass is 9.96. The Balaban J connectivity index is 2.10. The van der Waals surface area contributed by atoms with Gasteiger partial charge >= 0.3 is 5.97 Å². The summed E-state index contributed by atoms with van der Waals surface area (Å²) in [5.41, 5.74) is 1.74. The van der Waals surface area contributed by atoms with Crippen LogP contribution in [0.4, 0.5) is 10.1 Å². The first-order chi connectivity index (χ1) is 12.2. The Kier molecular flexibility index (Phi) is 6.21. The molecule has 0 bridgehead atoms. The summed E-state index contributed by atoms with van der Waals surface area (Å²) in [5.74, 6) is -1.34. The molecule has 0 spiro atoms. The lowest BCUT2D eigenvalue weighted by molar-refractivity contribution is -0.118. The first kappa shape index (κ1) is 19.7. The number of carbonyl (C=O) groups is 2. The average molecular weight is 373 g/mol. The normalized spacial score (nSPS) is 12.9. The van der Waals surface area contributed by atoms with E-state index in [9.17, 15) is 14.0 Å². The second-order valence-corrected chi connectivity index (χ2v) is 7.72. The van der Waals surface area contributed by atoms with E-state index >= 15 is 0 Å². The van der Waals surface area contributed by atoms with E-state index in [0.717, 1.165) is 5.56 Å². The predicted molar refractivity (Wildman–Crippen MR) is 103 cm³/mol. The van der Waals surface area contributed by atoms with Gasteiger partial charge in [0.25, 0.3) is 0 Å². The van der Waals surface area contributed by atoms with Gasteiger partial charge in [0.1, 0.15) is 11.6 Å². The molecule has 0 fully saturated rings. The fourth-order valence-corrected chi connectivity index (χ4v) is 3.47. The average Bonchev–Trinajstić information content (AvgIpc) is 2.57. The summed E-state index contributed by atoms with van der Waals surface area (Å²) in [6.45, 7) is 7.29. The number of hydrogen-bond acceptors (Lipinski definition) is 4. The van der Waals surface area contributed by atoms with Crippen molar-refractivity contribution in [3.05, 3.63) is 77.1 Å². The van der Waals surface area contributed by atoms with Gasteiger partial charge in [-0.1, -0.05) is 30.5 Å². The molecule has 0 radical (unpaired) electrons. The fraction of sp³-hybridized carbons (Fsp3) is 0.200. The summed E-state index contributed by atoms with van der Waals surface area (Å²) in [7, 11) is 0. The summed E-state index contributed by atoms with van der Waals surface area (Å²) in [6, 6.07) is 12.3. The molecule has 0 aliphatic heterocycles. The first-order valence-corrected chi connectivity index (χ1v) is 8.75. The maximum atomic E-state index is 13.0. The summed E-state index contributed by atoms with van der Waals surface area (Å²) in [6.07, 6.45) is 0.428. The maximum absolute atomic E-state index is 13.0. The van der Waals surface area contributed by atoms with Crippen LogP contribution in [0.5, 0.6) is 0 Å². The standard InChI is InChI=1S/C20H20FNO3S/c1-13(23)20(3,12-15-4-6-16(7-5-15)19(24)25)26-14(2)22-18-10-8-17(21)9-11-18/h4-11,22H,2,12H2,1,3H3,(H,24,25). The maximum Gasteiger partial charge on any atom is 0.335 e. The Bertz CT molecular complexity index is 818. The van der Waals surface area contributed by atoms with E-state index in [-0.39, 0.29) is 17.2 Å². The van der Waals surface area contributed by atoms with Crippen molar-refractivity contribution < 1.29 is 19.1 Å². The van der Waals surface area contributed by atoms with E-state index in [2.05, 4.69) is 11.9 Å². The molecule has 2 N–H and O–H groups in total. The molecule has 0 aromatic heterocycles. The van der Waals surface area contributed by atoms with Gasteiger partial charge < -0.3 is 10.4 Å². The zero-order valence-corrected chi connectivity index (χ0v) is 15.4. The molecule has 0 aliphatic rings. The molecular formula is C20H20FNO3S. The molecule has 0 saturated heterocycles. The minimum atomic E-state index is -0.989. The molecule has 2 rings (SSSR count). The highest BCUT2D eigenvalue weighted by Crippen LogP contribution is 2.35. The topological polar surface area (TPSA) is 66.4 Å². The van der Waals surface area contributed by atoms with Crippen LogP contribution >= 0.6 is 11.8 Å². The molecule has 0 heterocycles. The molecule has 2 aromatic rings. The molecule has 1 atom stereocenters. The zero-order valence-electron chi connectivity index (χ0n) is 14.6. The molecular weight excluding hydrogens is 353 g/mol. The van der Waals surface area contributed by atoms with Gasteiger partial charge in [0.15, 0.2) is 0 Å². The van der Waals surface area contributed by atoms with Crippen molar-refractivity contribution in [2.45, 2.75) is 25.0 Å². The molecule has 0 amide bonds. The number of aromatic carboxylic acids is 1. The lowest BCUT2D eigenvalue weighted by Gasteiger charge is -2.27. The number of benzene rings is 2. The van der Waals surface area contributed by atoms with Crippen LogP contribution in [0.2, 0.25) is 0 Å². The largest absolute Gasteiger partial charge is 0.478 e. The first-order valence-electron chi connectivity index (χ1n) is 7.93. The van der Waals surface area contributed by atoms with Gasteiger partial charge in [-0.15, -0.1) is 0 Å². The van der Waals surface area contributed by atoms with Gasteiger partial charge in [-0.05, 0) is 62.2 Å². The number of thioether (sulfide) groups is 1. The highest BCUT2D eigenvalue weighted by molar-refractivity contribution is 8.05. The van der Waals surface area contributed by atoms with Crippen LogP contribution in [-0.4, -0.2) is 21.6 Å². The molecule has 0 aliphatic carbocycles. The van der Waals surface area contributed by atoms with Gasteiger partial charge in [-0.25, -0.2) is 9.18 Å². The highest BCUT2D eigenvalue weighted by Gasteiger charge is 2.32. The number of carbonyl (C=O) groups excluding carboxylic acids is 1. The van der Waals surface area contributed by atoms with Crippen molar-refractivity contribution in [2.24, 2.45) is 0 Å². The van der Waals surface area contributed by atoms with Gasteiger partial charge in [0.05, 0.1) is 15.3 Å². The zero-order chi connectivity index (χ0) is 19.3. The molecule has 4 nitrogen and oxygen atoms in total. The number of Topliss-reactive ketones (excluding diaryl/α,β-unsaturated/α-hetero) is 1. The van der Waals surface area contributed by atoms with Crippen LogP contribution in [0, 0.1) is 5.82 Å². The summed E-state index contributed by atoms with van der Waals surface area (Å²) < 4.78 is 12.2. The third-order valence-electron chi connectivity index (χ3n) is 3.96. The van der Waals surface area contributed by atoms with E-state index in [4.69, 9.17) is 5.11 Å². The summed E-state index contributed by atoms with van der Waals surface area (Å²) in [4.78, 5) is 23.2. The van der Waals surface area contributed by atoms with Crippen LogP contribution in [0.3, 0.4) is 0 Å². The number of hydrogen-bond donors (Lipinski definition) is 2. The third kappa shape index (κ3) is 5.20. The van der Waals surface area contributed by atoms with Crippen molar-refractivity contribution in [3.63, 3.8) is 0 Å². The van der Waals surface area contributed by atoms with Gasteiger partial charge in [0.2, 0.25) is 0 Å². The fourth-order valence-electron chi connectivity index (χ4n) is 2.38. The Hall–Kier alpha value is -2.60. The van der Waals surface area contributed by atoms with Crippen LogP contribution in [0.1, 0.15) is 29.8 Å². The molecule has 26 heavy (non-hydrogen) atoms. The molecule has 1 unspecified atom stereocenters. The van der Waals surface area contributed by atoms with E-state index in [1.807, 2.05) is 6.92 Å². The van der Waals surface area contributed by atoms with E-state index in [1.165, 1.54) is 43.0 Å². The number of nitrogens with one attached hydrogen (secondary N) is 1. The Morgan fingerprint density at radius 2 is 1.73 bits per heavy atom. The monoisotopic (exact) mass is 373 g/mol. The second-order valence-electron chi connectivity index (χ2n) is 6.12. The van der Waals surface area contributed by atoms with Crippen LogP contribution in [-0.2, 0) is 11.2 Å². The lowest BCUT2D eigenvalue weighted by Crippen LogP contribution is -2.33. The number of halogens is 1. The van der Waals surface area contributed by atoms with Crippen molar-refractivity contribution in [3.8, 4) is 0 Å². The number of carboxylic acid groups (broad SMARTS) is 1. The van der Waals surface area contributed by atoms with Crippen molar-refractivity contribution in [1.29, 1.82) is 0 Å². The predicted octanol–water partition coefficient (Wildman–Crippen LogP) is 4.73. The van der Waals surface area contributed by atoms with E-state index in [1.54, 1.807) is 24.3 Å². The highest BCUT2D eigenvalue weighted by atomic mass is 32.2. The number of carboxylic acids is 1. The Labute approximate surface area is 156 Å². The van der Waals surface area contributed by atoms with Crippen LogP contribution in [0.25, 0.3) is 0 Å². The number of rotatable bonds is 8. The number of anilines is 1. The number of ketones is 1. The van der Waals surface area contributed by atoms with Crippen LogP contribution < -0.4 is 5.32 Å². The second kappa shape index (κ2) is 8.19. The van der Waals surface area contributed by atoms with Crippen molar-refractivity contribution in [1.82, 2.24) is 0 Å². The van der Waals surface area contributed by atoms with E-state index in [0.29, 0.717) is 17.1 Å². The van der Waals surface area contributed by atoms with Gasteiger partial charge in [0, 0.05) is 5.69 Å². The third-order valence-corrected chi connectivity index (χ3v) is 5.19. The van der Waals surface area contributed by atoms with Gasteiger partial charge in [-0.3, -0.25) is 4.79 Å². The van der Waals surface area contributed by atoms with Gasteiger partial charge in [-0.2, -0.15) is 0 Å². The Morgan fingerprint density at radius 3 is 2.23 bits per heavy atom. The summed E-state index contributed by atoms with van der Waals surface area (Å²) in [5, 5.41) is 12.6. The molecule has 136 valence electrons. The minimum absolute atomic E-state index is 0.0214. The molecule has 0 saturated carbocycles. The van der Waals surface area contributed by atoms with Crippen molar-refractivity contribution in [2.75, 3.05) is 5.32 Å². The smallest absolute Gasteiger partial charge is 0.335 e. The summed E-state index contributed by atoms with van der Waals surface area (Å²) >= 11 is 1.29. The van der Waals surface area contributed by atoms with Crippen LogP contribution in [0.15, 0.2) is 60.1 Å². The Morgan fingerprint density at radius 1 is 1.15 bits per heavy atom. The quantitative estimate of drug-likeness (QED) is 0.700. The van der Waals surface area contributed by atoms with E-state index < -0.39 is 10.7 Å². The minimum Gasteiger partial charge on any atom is -0.478 e. The molecule has 2 aromatic carbocycles. The molecule has 6 heteroatoms. The van der Waals surface area contributed by atoms with Crippen molar-refractivity contribution >= 4 is 29.2 Å². The SMILES string of the molecule is C=C(Nc1ccc(F)cc1)SC(C)(Cc1ccc(C(=O)O)cc1)C(C)=O.